The zero-order valence-electron chi connectivity index (χ0n) is 17.6. The van der Waals surface area contributed by atoms with Crippen LogP contribution in [0.3, 0.4) is 0 Å². The number of hydrogen-bond donors (Lipinski definition) is 3. The quantitative estimate of drug-likeness (QED) is 0.273. The van der Waals surface area contributed by atoms with E-state index in [0.717, 1.165) is 5.56 Å². The van der Waals surface area contributed by atoms with Gasteiger partial charge in [-0.05, 0) is 30.2 Å². The number of aliphatic imine (C=N–C) groups is 1. The molecule has 32 heavy (non-hydrogen) atoms. The first kappa shape index (κ1) is 25.9. The van der Waals surface area contributed by atoms with Crippen LogP contribution in [0.4, 0.5) is 18.9 Å². The molecule has 1 unspecified atom stereocenters. The van der Waals surface area contributed by atoms with E-state index >= 15 is 0 Å². The van der Waals surface area contributed by atoms with Gasteiger partial charge in [-0.2, -0.15) is 18.3 Å². The Morgan fingerprint density at radius 1 is 1.31 bits per heavy atom. The third kappa shape index (κ3) is 8.65. The number of carbonyl (C=O) groups is 1. The van der Waals surface area contributed by atoms with Crippen LogP contribution in [0.25, 0.3) is 0 Å². The van der Waals surface area contributed by atoms with Crippen molar-refractivity contribution in [2.24, 2.45) is 4.99 Å². The normalized spacial score (nSPS) is 17.0. The molecule has 0 spiro atoms. The molecule has 0 saturated carbocycles. The van der Waals surface area contributed by atoms with Gasteiger partial charge in [0.1, 0.15) is 6.54 Å². The fourth-order valence-corrected chi connectivity index (χ4v) is 3.42. The summed E-state index contributed by atoms with van der Waals surface area (Å²) in [7, 11) is 1.61. The number of alkyl halides is 3. The van der Waals surface area contributed by atoms with Crippen LogP contribution >= 0.6 is 24.0 Å². The maximum Gasteiger partial charge on any atom is 0.401 e. The highest BCUT2D eigenvalue weighted by Crippen LogP contribution is 2.20. The van der Waals surface area contributed by atoms with Crippen LogP contribution in [0.1, 0.15) is 12.0 Å². The highest BCUT2D eigenvalue weighted by atomic mass is 127. The van der Waals surface area contributed by atoms with Gasteiger partial charge in [-0.15, -0.1) is 24.0 Å². The number of rotatable bonds is 7. The molecule has 0 radical (unpaired) electrons. The summed E-state index contributed by atoms with van der Waals surface area (Å²) in [6, 6.07) is 9.04. The first-order valence-corrected chi connectivity index (χ1v) is 9.93. The predicted octanol–water partition coefficient (Wildman–Crippen LogP) is 2.44. The van der Waals surface area contributed by atoms with Gasteiger partial charge in [0.15, 0.2) is 5.96 Å². The van der Waals surface area contributed by atoms with Crippen LogP contribution in [0, 0.1) is 0 Å². The molecule has 1 aromatic carbocycles. The smallest absolute Gasteiger partial charge is 0.352 e. The number of nitrogens with one attached hydrogen (secondary N) is 3. The van der Waals surface area contributed by atoms with E-state index in [4.69, 9.17) is 0 Å². The Labute approximate surface area is 201 Å². The summed E-state index contributed by atoms with van der Waals surface area (Å²) in [6.45, 7) is 0.392. The molecule has 176 valence electrons. The SMILES string of the molecule is CN=C(NCc1cccc(NC(=O)Cn2cccn2)c1)NC1CCN(CC(F)(F)F)C1.I. The molecule has 1 amide bonds. The van der Waals surface area contributed by atoms with Crippen molar-refractivity contribution in [3.8, 4) is 0 Å². The van der Waals surface area contributed by atoms with E-state index in [0.29, 0.717) is 37.7 Å². The lowest BCUT2D eigenvalue weighted by Gasteiger charge is -2.20. The number of likely N-dealkylation sites (tertiary alicyclic amines) is 1. The second-order valence-corrected chi connectivity index (χ2v) is 7.36. The molecule has 1 aliphatic heterocycles. The maximum atomic E-state index is 12.5. The molecule has 8 nitrogen and oxygen atoms in total. The summed E-state index contributed by atoms with van der Waals surface area (Å²) in [5.74, 6) is 0.336. The third-order valence-electron chi connectivity index (χ3n) is 4.78. The summed E-state index contributed by atoms with van der Waals surface area (Å²) < 4.78 is 39.2. The topological polar surface area (TPSA) is 86.6 Å². The maximum absolute atomic E-state index is 12.5. The van der Waals surface area contributed by atoms with Gasteiger partial charge < -0.3 is 16.0 Å². The van der Waals surface area contributed by atoms with E-state index in [2.05, 4.69) is 26.0 Å². The lowest BCUT2D eigenvalue weighted by Crippen LogP contribution is -2.44. The molecule has 1 saturated heterocycles. The largest absolute Gasteiger partial charge is 0.401 e. The van der Waals surface area contributed by atoms with Crippen molar-refractivity contribution in [3.63, 3.8) is 0 Å². The van der Waals surface area contributed by atoms with Crippen molar-refractivity contribution in [1.82, 2.24) is 25.3 Å². The number of nitrogens with zero attached hydrogens (tertiary/aromatic N) is 4. The van der Waals surface area contributed by atoms with E-state index in [9.17, 15) is 18.0 Å². The van der Waals surface area contributed by atoms with Gasteiger partial charge in [0.05, 0.1) is 6.54 Å². The van der Waals surface area contributed by atoms with Crippen molar-refractivity contribution in [2.45, 2.75) is 31.7 Å². The molecule has 3 rings (SSSR count). The van der Waals surface area contributed by atoms with Crippen molar-refractivity contribution >= 4 is 41.5 Å². The van der Waals surface area contributed by atoms with Gasteiger partial charge in [0, 0.05) is 50.8 Å². The molecule has 0 aliphatic carbocycles. The Hall–Kier alpha value is -2.35. The van der Waals surface area contributed by atoms with Crippen molar-refractivity contribution in [1.29, 1.82) is 0 Å². The number of hydrogen-bond acceptors (Lipinski definition) is 4. The van der Waals surface area contributed by atoms with E-state index in [1.165, 1.54) is 9.58 Å². The Kier molecular flexibility index (Phi) is 9.75. The zero-order chi connectivity index (χ0) is 22.3. The van der Waals surface area contributed by atoms with Gasteiger partial charge in [-0.1, -0.05) is 12.1 Å². The summed E-state index contributed by atoms with van der Waals surface area (Å²) in [4.78, 5) is 17.7. The number of amides is 1. The average Bonchev–Trinajstić information content (AvgIpc) is 3.36. The summed E-state index contributed by atoms with van der Waals surface area (Å²) in [5.41, 5.74) is 1.59. The minimum absolute atomic E-state index is 0. The Balaban J connectivity index is 0.00000363. The highest BCUT2D eigenvalue weighted by molar-refractivity contribution is 14.0. The monoisotopic (exact) mass is 565 g/mol. The lowest BCUT2D eigenvalue weighted by molar-refractivity contribution is -0.143. The number of halogens is 4. The van der Waals surface area contributed by atoms with Crippen molar-refractivity contribution < 1.29 is 18.0 Å². The van der Waals surface area contributed by atoms with E-state index in [1.807, 2.05) is 18.2 Å². The molecular formula is C20H27F3IN7O. The van der Waals surface area contributed by atoms with E-state index in [1.54, 1.807) is 31.6 Å². The molecule has 2 heterocycles. The van der Waals surface area contributed by atoms with E-state index < -0.39 is 12.7 Å². The van der Waals surface area contributed by atoms with Crippen LogP contribution in [0.15, 0.2) is 47.7 Å². The van der Waals surface area contributed by atoms with Crippen LogP contribution in [-0.4, -0.2) is 65.4 Å². The zero-order valence-corrected chi connectivity index (χ0v) is 19.9. The minimum Gasteiger partial charge on any atom is -0.352 e. The summed E-state index contributed by atoms with van der Waals surface area (Å²) in [6.07, 6.45) is -0.243. The Bertz CT molecular complexity index is 890. The second kappa shape index (κ2) is 12.0. The molecule has 1 atom stereocenters. The van der Waals surface area contributed by atoms with Gasteiger partial charge in [-0.25, -0.2) is 0 Å². The average molecular weight is 565 g/mol. The van der Waals surface area contributed by atoms with Gasteiger partial charge in [0.2, 0.25) is 5.91 Å². The fraction of sp³-hybridized carbons (Fsp3) is 0.450. The highest BCUT2D eigenvalue weighted by Gasteiger charge is 2.34. The second-order valence-electron chi connectivity index (χ2n) is 7.36. The molecule has 1 aromatic heterocycles. The first-order chi connectivity index (χ1) is 14.8. The Morgan fingerprint density at radius 3 is 2.81 bits per heavy atom. The number of guanidine groups is 1. The number of anilines is 1. The first-order valence-electron chi connectivity index (χ1n) is 9.93. The molecule has 12 heteroatoms. The molecule has 3 N–H and O–H groups in total. The standard InChI is InChI=1S/C20H26F3N7O.HI/c1-24-19(28-17-6-9-29(12-17)14-20(21,22)23)25-11-15-4-2-5-16(10-15)27-18(31)13-30-8-3-7-26-30;/h2-5,7-8,10,17H,6,9,11-14H2,1H3,(H,27,31)(H2,24,25,28);1H. The molecule has 0 bridgehead atoms. The fourth-order valence-electron chi connectivity index (χ4n) is 3.42. The van der Waals surface area contributed by atoms with Crippen LogP contribution < -0.4 is 16.0 Å². The lowest BCUT2D eigenvalue weighted by atomic mass is 10.2. The molecular weight excluding hydrogens is 538 g/mol. The molecule has 2 aromatic rings. The van der Waals surface area contributed by atoms with Crippen LogP contribution in [0.2, 0.25) is 0 Å². The number of aromatic nitrogens is 2. The summed E-state index contributed by atoms with van der Waals surface area (Å²) >= 11 is 0. The van der Waals surface area contributed by atoms with E-state index in [-0.39, 0.29) is 42.5 Å². The van der Waals surface area contributed by atoms with Gasteiger partial charge >= 0.3 is 6.18 Å². The van der Waals surface area contributed by atoms with Crippen molar-refractivity contribution in [3.05, 3.63) is 48.3 Å². The minimum atomic E-state index is -4.19. The van der Waals surface area contributed by atoms with Crippen LogP contribution in [0.5, 0.6) is 0 Å². The predicted molar refractivity (Wildman–Crippen MR) is 127 cm³/mol. The van der Waals surface area contributed by atoms with Gasteiger partial charge in [0.25, 0.3) is 0 Å². The van der Waals surface area contributed by atoms with Gasteiger partial charge in [-0.3, -0.25) is 19.4 Å². The number of benzene rings is 1. The number of carbonyl (C=O) groups excluding carboxylic acids is 1. The van der Waals surface area contributed by atoms with Crippen molar-refractivity contribution in [2.75, 3.05) is 32.0 Å². The Morgan fingerprint density at radius 2 is 2.12 bits per heavy atom. The summed E-state index contributed by atoms with van der Waals surface area (Å²) in [5, 5.41) is 13.2. The molecule has 1 fully saturated rings. The molecule has 1 aliphatic rings. The third-order valence-corrected chi connectivity index (χ3v) is 4.78. The van der Waals surface area contributed by atoms with Crippen LogP contribution in [-0.2, 0) is 17.9 Å².